The van der Waals surface area contributed by atoms with Crippen LogP contribution >= 0.6 is 0 Å². The van der Waals surface area contributed by atoms with Gasteiger partial charge in [0, 0.05) is 45.6 Å². The van der Waals surface area contributed by atoms with Crippen molar-refractivity contribution in [2.75, 3.05) is 26.8 Å². The molecule has 0 spiro atoms. The number of imidazole rings is 1. The van der Waals surface area contributed by atoms with Gasteiger partial charge in [-0.2, -0.15) is 0 Å². The second-order valence-corrected chi connectivity index (χ2v) is 6.69. The lowest BCUT2D eigenvalue weighted by Gasteiger charge is -2.28. The largest absolute Gasteiger partial charge is 0.383 e. The van der Waals surface area contributed by atoms with Crippen LogP contribution in [0.4, 0.5) is 0 Å². The van der Waals surface area contributed by atoms with Gasteiger partial charge in [0.2, 0.25) is 11.8 Å². The number of hydrogen-bond acceptors (Lipinski definition) is 4. The molecule has 0 aliphatic carbocycles. The lowest BCUT2D eigenvalue weighted by molar-refractivity contribution is -0.129. The summed E-state index contributed by atoms with van der Waals surface area (Å²) in [5.74, 6) is -0.452. The number of rotatable bonds is 9. The minimum absolute atomic E-state index is 0.000492. The van der Waals surface area contributed by atoms with Gasteiger partial charge in [-0.1, -0.05) is 30.3 Å². The molecule has 2 atom stereocenters. The molecular formula is C20H26N4O3. The standard InChI is InChI=1S/C20H26N4O3/c1-27-13-12-24-18(25)14-17(19(24)16-6-3-2-4-7-16)20(26)22-8-5-10-23-11-9-21-15-23/h2-4,6-7,9,11,15,17,19H,5,8,10,12-14H2,1H3,(H,22,26)/t17-,19+/m1/s1. The van der Waals surface area contributed by atoms with E-state index in [1.807, 2.05) is 41.1 Å². The first-order valence-corrected chi connectivity index (χ1v) is 9.27. The van der Waals surface area contributed by atoms with E-state index in [0.29, 0.717) is 19.7 Å². The molecule has 7 heteroatoms. The Hall–Kier alpha value is -2.67. The minimum atomic E-state index is -0.384. The van der Waals surface area contributed by atoms with Gasteiger partial charge in [-0.05, 0) is 12.0 Å². The summed E-state index contributed by atoms with van der Waals surface area (Å²) >= 11 is 0. The van der Waals surface area contributed by atoms with Crippen molar-refractivity contribution in [1.82, 2.24) is 19.8 Å². The van der Waals surface area contributed by atoms with Crippen LogP contribution in [0.2, 0.25) is 0 Å². The van der Waals surface area contributed by atoms with Crippen LogP contribution < -0.4 is 5.32 Å². The Morgan fingerprint density at radius 3 is 2.81 bits per heavy atom. The van der Waals surface area contributed by atoms with Gasteiger partial charge in [0.15, 0.2) is 0 Å². The highest BCUT2D eigenvalue weighted by Gasteiger charge is 2.44. The molecule has 27 heavy (non-hydrogen) atoms. The van der Waals surface area contributed by atoms with Crippen LogP contribution in [0.1, 0.15) is 24.4 Å². The SMILES string of the molecule is COCCN1C(=O)C[C@@H](C(=O)NCCCn2ccnc2)[C@@H]1c1ccccc1. The van der Waals surface area contributed by atoms with Crippen molar-refractivity contribution in [3.05, 3.63) is 54.6 Å². The highest BCUT2D eigenvalue weighted by atomic mass is 16.5. The van der Waals surface area contributed by atoms with E-state index >= 15 is 0 Å². The van der Waals surface area contributed by atoms with Crippen molar-refractivity contribution in [2.45, 2.75) is 25.4 Å². The fourth-order valence-electron chi connectivity index (χ4n) is 3.56. The molecule has 0 unspecified atom stereocenters. The van der Waals surface area contributed by atoms with Gasteiger partial charge in [0.1, 0.15) is 0 Å². The van der Waals surface area contributed by atoms with E-state index in [-0.39, 0.29) is 30.2 Å². The molecule has 7 nitrogen and oxygen atoms in total. The maximum absolute atomic E-state index is 12.8. The van der Waals surface area contributed by atoms with Crippen molar-refractivity contribution < 1.29 is 14.3 Å². The predicted molar refractivity (Wildman–Crippen MR) is 101 cm³/mol. The summed E-state index contributed by atoms with van der Waals surface area (Å²) in [6, 6.07) is 9.51. The number of likely N-dealkylation sites (tertiary alicyclic amines) is 1. The maximum Gasteiger partial charge on any atom is 0.226 e. The molecule has 1 aromatic heterocycles. The first-order chi connectivity index (χ1) is 13.2. The van der Waals surface area contributed by atoms with E-state index in [9.17, 15) is 9.59 Å². The van der Waals surface area contributed by atoms with Gasteiger partial charge in [0.25, 0.3) is 0 Å². The zero-order valence-electron chi connectivity index (χ0n) is 15.6. The number of aromatic nitrogens is 2. The van der Waals surface area contributed by atoms with Crippen LogP contribution in [0.5, 0.6) is 0 Å². The average Bonchev–Trinajstić information content (AvgIpc) is 3.32. The van der Waals surface area contributed by atoms with E-state index in [1.54, 1.807) is 24.5 Å². The Bertz CT molecular complexity index is 733. The maximum atomic E-state index is 12.8. The quantitative estimate of drug-likeness (QED) is 0.681. The molecule has 0 bridgehead atoms. The number of ether oxygens (including phenoxy) is 1. The van der Waals surface area contributed by atoms with Gasteiger partial charge >= 0.3 is 0 Å². The van der Waals surface area contributed by atoms with Crippen LogP contribution in [0.3, 0.4) is 0 Å². The number of benzene rings is 1. The molecule has 2 heterocycles. The van der Waals surface area contributed by atoms with Crippen LogP contribution in [0.15, 0.2) is 49.1 Å². The number of hydrogen-bond donors (Lipinski definition) is 1. The van der Waals surface area contributed by atoms with Gasteiger partial charge < -0.3 is 19.5 Å². The predicted octanol–water partition coefficient (Wildman–Crippen LogP) is 1.63. The summed E-state index contributed by atoms with van der Waals surface area (Å²) in [5, 5.41) is 3.00. The van der Waals surface area contributed by atoms with Crippen LogP contribution in [0, 0.1) is 5.92 Å². The highest BCUT2D eigenvalue weighted by Crippen LogP contribution is 2.38. The van der Waals surface area contributed by atoms with E-state index in [1.165, 1.54) is 0 Å². The Morgan fingerprint density at radius 1 is 1.30 bits per heavy atom. The Balaban J connectivity index is 1.64. The molecule has 1 aliphatic rings. The van der Waals surface area contributed by atoms with Crippen molar-refractivity contribution in [1.29, 1.82) is 0 Å². The minimum Gasteiger partial charge on any atom is -0.383 e. The van der Waals surface area contributed by atoms with Crippen LogP contribution in [-0.2, 0) is 20.9 Å². The summed E-state index contributed by atoms with van der Waals surface area (Å²) < 4.78 is 7.12. The third-order valence-corrected chi connectivity index (χ3v) is 4.90. The molecule has 2 amide bonds. The zero-order chi connectivity index (χ0) is 19.1. The first kappa shape index (κ1) is 19.1. The summed E-state index contributed by atoms with van der Waals surface area (Å²) in [7, 11) is 1.61. The van der Waals surface area contributed by atoms with Crippen LogP contribution in [0.25, 0.3) is 0 Å². The molecule has 1 fully saturated rings. The molecule has 0 saturated carbocycles. The van der Waals surface area contributed by atoms with Crippen molar-refractivity contribution in [2.24, 2.45) is 5.92 Å². The molecule has 144 valence electrons. The van der Waals surface area contributed by atoms with Crippen LogP contribution in [-0.4, -0.2) is 53.1 Å². The summed E-state index contributed by atoms with van der Waals surface area (Å²) in [5.41, 5.74) is 0.984. The van der Waals surface area contributed by atoms with E-state index in [4.69, 9.17) is 4.74 Å². The lowest BCUT2D eigenvalue weighted by Crippen LogP contribution is -2.37. The number of aryl methyl sites for hydroxylation is 1. The molecule has 1 saturated heterocycles. The van der Waals surface area contributed by atoms with Crippen molar-refractivity contribution >= 4 is 11.8 Å². The molecule has 0 radical (unpaired) electrons. The second kappa shape index (κ2) is 9.32. The molecule has 1 aliphatic heterocycles. The average molecular weight is 370 g/mol. The van der Waals surface area contributed by atoms with Gasteiger partial charge in [0.05, 0.1) is 24.9 Å². The highest BCUT2D eigenvalue weighted by molar-refractivity contribution is 5.90. The van der Waals surface area contributed by atoms with E-state index in [2.05, 4.69) is 10.3 Å². The smallest absolute Gasteiger partial charge is 0.226 e. The normalized spacial score (nSPS) is 19.4. The zero-order valence-corrected chi connectivity index (χ0v) is 15.6. The third kappa shape index (κ3) is 4.74. The van der Waals surface area contributed by atoms with Crippen molar-refractivity contribution in [3.63, 3.8) is 0 Å². The summed E-state index contributed by atoms with van der Waals surface area (Å²) in [4.78, 5) is 31.1. The number of methoxy groups -OCH3 is 1. The summed E-state index contributed by atoms with van der Waals surface area (Å²) in [6.45, 7) is 2.31. The lowest BCUT2D eigenvalue weighted by atomic mass is 9.92. The number of nitrogens with zero attached hydrogens (tertiary/aromatic N) is 3. The topological polar surface area (TPSA) is 76.5 Å². The number of carbonyl (C=O) groups is 2. The summed E-state index contributed by atoms with van der Waals surface area (Å²) in [6.07, 6.45) is 6.44. The third-order valence-electron chi connectivity index (χ3n) is 4.90. The Kier molecular flexibility index (Phi) is 6.59. The second-order valence-electron chi connectivity index (χ2n) is 6.69. The monoisotopic (exact) mass is 370 g/mol. The Morgan fingerprint density at radius 2 is 2.11 bits per heavy atom. The van der Waals surface area contributed by atoms with Gasteiger partial charge in [-0.15, -0.1) is 0 Å². The van der Waals surface area contributed by atoms with Gasteiger partial charge in [-0.25, -0.2) is 4.98 Å². The fraction of sp³-hybridized carbons (Fsp3) is 0.450. The molecule has 2 aromatic rings. The van der Waals surface area contributed by atoms with Crippen molar-refractivity contribution in [3.8, 4) is 0 Å². The number of carbonyl (C=O) groups excluding carboxylic acids is 2. The molecule has 1 N–H and O–H groups in total. The number of amides is 2. The first-order valence-electron chi connectivity index (χ1n) is 9.27. The van der Waals surface area contributed by atoms with E-state index < -0.39 is 0 Å². The molecule has 1 aromatic carbocycles. The fourth-order valence-corrected chi connectivity index (χ4v) is 3.56. The molecule has 3 rings (SSSR count). The van der Waals surface area contributed by atoms with Gasteiger partial charge in [-0.3, -0.25) is 9.59 Å². The van der Waals surface area contributed by atoms with E-state index in [0.717, 1.165) is 18.5 Å². The number of nitrogens with one attached hydrogen (secondary N) is 1. The Labute approximate surface area is 159 Å². The molecular weight excluding hydrogens is 344 g/mol.